The fourth-order valence-electron chi connectivity index (χ4n) is 4.04. The van der Waals surface area contributed by atoms with Gasteiger partial charge in [0.25, 0.3) is 15.9 Å². The molecule has 0 radical (unpaired) electrons. The van der Waals surface area contributed by atoms with Crippen LogP contribution in [0.15, 0.2) is 71.6 Å². The Kier molecular flexibility index (Phi) is 7.34. The van der Waals surface area contributed by atoms with E-state index in [1.807, 2.05) is 18.2 Å². The normalized spacial score (nSPS) is 15.6. The van der Waals surface area contributed by atoms with Crippen molar-refractivity contribution in [1.29, 1.82) is 0 Å². The van der Waals surface area contributed by atoms with Gasteiger partial charge in [-0.05, 0) is 73.5 Å². The molecule has 0 aliphatic carbocycles. The second-order valence-electron chi connectivity index (χ2n) is 8.52. The van der Waals surface area contributed by atoms with Crippen LogP contribution in [0, 0.1) is 0 Å². The lowest BCUT2D eigenvalue weighted by molar-refractivity contribution is 0.0917. The maximum absolute atomic E-state index is 13.6. The number of amides is 1. The Balaban J connectivity index is 1.39. The van der Waals surface area contributed by atoms with Crippen molar-refractivity contribution in [3.05, 3.63) is 77.3 Å². The van der Waals surface area contributed by atoms with Gasteiger partial charge in [-0.25, -0.2) is 13.4 Å². The van der Waals surface area contributed by atoms with Gasteiger partial charge in [-0.3, -0.25) is 14.4 Å². The van der Waals surface area contributed by atoms with Gasteiger partial charge in [0.2, 0.25) is 0 Å². The number of fused-ring (bicyclic) bond motifs is 1. The number of nitrogens with zero attached hydrogens (tertiary/aromatic N) is 2. The molecule has 4 aromatic rings. The summed E-state index contributed by atoms with van der Waals surface area (Å²) < 4.78 is 40.0. The van der Waals surface area contributed by atoms with Gasteiger partial charge in [-0.2, -0.15) is 0 Å². The van der Waals surface area contributed by atoms with Crippen molar-refractivity contribution >= 4 is 59.9 Å². The van der Waals surface area contributed by atoms with E-state index in [2.05, 4.69) is 4.72 Å². The van der Waals surface area contributed by atoms with Gasteiger partial charge in [-0.1, -0.05) is 22.9 Å². The molecule has 37 heavy (non-hydrogen) atoms. The largest absolute Gasteiger partial charge is 0.497 e. The highest BCUT2D eigenvalue weighted by molar-refractivity contribution is 7.92. The summed E-state index contributed by atoms with van der Waals surface area (Å²) in [5.74, 6) is 0.451. The SMILES string of the molecule is COc1ccc2sc(N(CC3CCCO3)C(=O)c3ccc(NS(=O)(=O)c4ccc(Cl)cc4)cc3)nc2c1. The highest BCUT2D eigenvalue weighted by Gasteiger charge is 2.27. The molecule has 3 aromatic carbocycles. The van der Waals surface area contributed by atoms with Crippen LogP contribution in [0.3, 0.4) is 0 Å². The molecule has 0 saturated carbocycles. The second kappa shape index (κ2) is 10.7. The fraction of sp³-hybridized carbons (Fsp3) is 0.231. The topological polar surface area (TPSA) is 97.8 Å². The van der Waals surface area contributed by atoms with E-state index in [1.54, 1.807) is 36.3 Å². The van der Waals surface area contributed by atoms with E-state index in [0.717, 1.165) is 23.1 Å². The number of methoxy groups -OCH3 is 1. The molecule has 0 spiro atoms. The van der Waals surface area contributed by atoms with Crippen LogP contribution in [-0.4, -0.2) is 45.7 Å². The molecule has 5 rings (SSSR count). The van der Waals surface area contributed by atoms with Crippen molar-refractivity contribution in [3.8, 4) is 5.75 Å². The van der Waals surface area contributed by atoms with E-state index in [0.29, 0.717) is 40.3 Å². The maximum Gasteiger partial charge on any atom is 0.261 e. The van der Waals surface area contributed by atoms with Gasteiger partial charge in [0, 0.05) is 28.9 Å². The lowest BCUT2D eigenvalue weighted by atomic mass is 10.1. The number of sulfonamides is 1. The summed E-state index contributed by atoms with van der Waals surface area (Å²) in [6, 6.07) is 17.8. The molecule has 0 bridgehead atoms. The highest BCUT2D eigenvalue weighted by atomic mass is 35.5. The minimum Gasteiger partial charge on any atom is -0.497 e. The molecule has 1 saturated heterocycles. The molecular weight excluding hydrogens is 534 g/mol. The molecule has 1 aliphatic heterocycles. The molecule has 192 valence electrons. The Labute approximate surface area is 223 Å². The molecule has 1 atom stereocenters. The van der Waals surface area contributed by atoms with Crippen LogP contribution in [0.4, 0.5) is 10.8 Å². The number of hydrogen-bond acceptors (Lipinski definition) is 7. The van der Waals surface area contributed by atoms with Crippen molar-refractivity contribution in [2.45, 2.75) is 23.8 Å². The number of benzene rings is 3. The summed E-state index contributed by atoms with van der Waals surface area (Å²) in [5, 5.41) is 1.01. The van der Waals surface area contributed by atoms with Gasteiger partial charge in [0.05, 0.1) is 34.9 Å². The molecule has 1 aliphatic rings. The number of anilines is 2. The van der Waals surface area contributed by atoms with Crippen molar-refractivity contribution in [1.82, 2.24) is 4.98 Å². The van der Waals surface area contributed by atoms with Crippen LogP contribution in [0.5, 0.6) is 5.75 Å². The lowest BCUT2D eigenvalue weighted by Gasteiger charge is -2.23. The number of aromatic nitrogens is 1. The van der Waals surface area contributed by atoms with E-state index >= 15 is 0 Å². The van der Waals surface area contributed by atoms with Gasteiger partial charge in [-0.15, -0.1) is 0 Å². The number of hydrogen-bond donors (Lipinski definition) is 1. The first-order valence-corrected chi connectivity index (χ1v) is 14.3. The zero-order chi connectivity index (χ0) is 26.0. The van der Waals surface area contributed by atoms with Crippen LogP contribution >= 0.6 is 22.9 Å². The number of rotatable bonds is 8. The predicted octanol–water partition coefficient (Wildman–Crippen LogP) is 5.58. The van der Waals surface area contributed by atoms with E-state index in [1.165, 1.54) is 35.6 Å². The summed E-state index contributed by atoms with van der Waals surface area (Å²) in [6.45, 7) is 1.05. The first-order chi connectivity index (χ1) is 17.8. The first-order valence-electron chi connectivity index (χ1n) is 11.6. The highest BCUT2D eigenvalue weighted by Crippen LogP contribution is 2.33. The smallest absolute Gasteiger partial charge is 0.261 e. The molecule has 1 unspecified atom stereocenters. The lowest BCUT2D eigenvalue weighted by Crippen LogP contribution is -2.37. The Bertz CT molecular complexity index is 1520. The van der Waals surface area contributed by atoms with E-state index < -0.39 is 10.0 Å². The van der Waals surface area contributed by atoms with Gasteiger partial charge in [0.1, 0.15) is 5.75 Å². The van der Waals surface area contributed by atoms with Crippen molar-refractivity contribution in [2.24, 2.45) is 0 Å². The number of ether oxygens (including phenoxy) is 2. The Morgan fingerprint density at radius 3 is 2.59 bits per heavy atom. The standard InChI is InChI=1S/C26H24ClN3O5S2/c1-34-20-10-13-24-23(15-20)28-26(36-24)30(16-21-3-2-14-35-21)25(31)17-4-8-19(9-5-17)29-37(32,33)22-11-6-18(27)7-12-22/h4-13,15,21,29H,2-3,14,16H2,1H3. The second-order valence-corrected chi connectivity index (χ2v) is 11.6. The van der Waals surface area contributed by atoms with Crippen LogP contribution in [0.1, 0.15) is 23.2 Å². The molecule has 1 aromatic heterocycles. The van der Waals surface area contributed by atoms with E-state index in [4.69, 9.17) is 26.1 Å². The quantitative estimate of drug-likeness (QED) is 0.303. The number of carbonyl (C=O) groups excluding carboxylic acids is 1. The molecule has 1 N–H and O–H groups in total. The van der Waals surface area contributed by atoms with Gasteiger partial charge >= 0.3 is 0 Å². The van der Waals surface area contributed by atoms with Crippen LogP contribution in [0.2, 0.25) is 5.02 Å². The molecule has 2 heterocycles. The molecule has 1 amide bonds. The van der Waals surface area contributed by atoms with Gasteiger partial charge in [0.15, 0.2) is 5.13 Å². The summed E-state index contributed by atoms with van der Waals surface area (Å²) >= 11 is 7.28. The monoisotopic (exact) mass is 557 g/mol. The third-order valence-corrected chi connectivity index (χ3v) is 8.69. The van der Waals surface area contributed by atoms with Crippen molar-refractivity contribution < 1.29 is 22.7 Å². The summed E-state index contributed by atoms with van der Waals surface area (Å²) in [5.41, 5.74) is 1.49. The van der Waals surface area contributed by atoms with Crippen LogP contribution in [-0.2, 0) is 14.8 Å². The van der Waals surface area contributed by atoms with E-state index in [-0.39, 0.29) is 16.9 Å². The zero-order valence-electron chi connectivity index (χ0n) is 19.9. The molecular formula is C26H24ClN3O5S2. The summed E-state index contributed by atoms with van der Waals surface area (Å²) in [7, 11) is -2.20. The average molecular weight is 558 g/mol. The average Bonchev–Trinajstić information content (AvgIpc) is 3.56. The molecule has 11 heteroatoms. The minimum atomic E-state index is -3.80. The third kappa shape index (κ3) is 5.72. The van der Waals surface area contributed by atoms with Crippen LogP contribution in [0.25, 0.3) is 10.2 Å². The van der Waals surface area contributed by atoms with Crippen LogP contribution < -0.4 is 14.4 Å². The molecule has 8 nitrogen and oxygen atoms in total. The van der Waals surface area contributed by atoms with E-state index in [9.17, 15) is 13.2 Å². The number of thiazole rings is 1. The molecule has 1 fully saturated rings. The first kappa shape index (κ1) is 25.5. The minimum absolute atomic E-state index is 0.0732. The van der Waals surface area contributed by atoms with Crippen molar-refractivity contribution in [3.63, 3.8) is 0 Å². The Hall–Kier alpha value is -3.18. The summed E-state index contributed by atoms with van der Waals surface area (Å²) in [6.07, 6.45) is 1.75. The number of nitrogens with one attached hydrogen (secondary N) is 1. The van der Waals surface area contributed by atoms with Crippen molar-refractivity contribution in [2.75, 3.05) is 29.9 Å². The third-order valence-electron chi connectivity index (χ3n) is 5.98. The Morgan fingerprint density at radius 2 is 1.92 bits per heavy atom. The fourth-order valence-corrected chi connectivity index (χ4v) is 6.18. The number of carbonyl (C=O) groups is 1. The van der Waals surface area contributed by atoms with Gasteiger partial charge < -0.3 is 9.47 Å². The maximum atomic E-state index is 13.6. The Morgan fingerprint density at radius 1 is 1.16 bits per heavy atom. The number of halogens is 1. The predicted molar refractivity (Wildman–Crippen MR) is 146 cm³/mol. The summed E-state index contributed by atoms with van der Waals surface area (Å²) in [4.78, 5) is 20.1. The zero-order valence-corrected chi connectivity index (χ0v) is 22.3.